The molecule has 1 aliphatic rings. The molecule has 6 nitrogen and oxygen atoms in total. The van der Waals surface area contributed by atoms with Gasteiger partial charge < -0.3 is 19.5 Å². The van der Waals surface area contributed by atoms with Gasteiger partial charge in [0, 0.05) is 11.1 Å². The van der Waals surface area contributed by atoms with Gasteiger partial charge in [0.15, 0.2) is 5.75 Å². The molecule has 1 saturated heterocycles. The highest BCUT2D eigenvalue weighted by Gasteiger charge is 2.46. The summed E-state index contributed by atoms with van der Waals surface area (Å²) in [7, 11) is 2.98. The number of rotatable bonds is 6. The van der Waals surface area contributed by atoms with Gasteiger partial charge in [-0.25, -0.2) is 0 Å². The molecule has 198 valence electrons. The van der Waals surface area contributed by atoms with Crippen LogP contribution in [0.25, 0.3) is 5.76 Å². The van der Waals surface area contributed by atoms with Crippen molar-refractivity contribution in [1.82, 2.24) is 4.90 Å². The third kappa shape index (κ3) is 5.11. The molecule has 0 bridgehead atoms. The van der Waals surface area contributed by atoms with E-state index in [4.69, 9.17) is 32.7 Å². The Morgan fingerprint density at radius 1 is 0.947 bits per heavy atom. The van der Waals surface area contributed by atoms with Crippen molar-refractivity contribution < 1.29 is 24.2 Å². The maximum Gasteiger partial charge on any atom is 0.295 e. The number of para-hydroxylation sites is 1. The van der Waals surface area contributed by atoms with Gasteiger partial charge in [-0.3, -0.25) is 9.59 Å². The summed E-state index contributed by atoms with van der Waals surface area (Å²) in [5.74, 6) is -1.07. The maximum absolute atomic E-state index is 13.4. The van der Waals surface area contributed by atoms with Crippen LogP contribution in [0.15, 0.2) is 66.2 Å². The second kappa shape index (κ2) is 10.7. The van der Waals surface area contributed by atoms with Crippen molar-refractivity contribution in [1.29, 1.82) is 0 Å². The highest BCUT2D eigenvalue weighted by atomic mass is 35.5. The molecule has 0 saturated carbocycles. The summed E-state index contributed by atoms with van der Waals surface area (Å²) >= 11 is 12.6. The summed E-state index contributed by atoms with van der Waals surface area (Å²) in [6.07, 6.45) is 0. The number of benzene rings is 3. The largest absolute Gasteiger partial charge is 0.507 e. The van der Waals surface area contributed by atoms with Crippen molar-refractivity contribution in [3.8, 4) is 11.5 Å². The van der Waals surface area contributed by atoms with Gasteiger partial charge in [0.2, 0.25) is 0 Å². The zero-order valence-corrected chi connectivity index (χ0v) is 23.4. The van der Waals surface area contributed by atoms with Crippen molar-refractivity contribution in [3.63, 3.8) is 0 Å². The summed E-state index contributed by atoms with van der Waals surface area (Å²) < 4.78 is 10.7. The number of amides is 1. The van der Waals surface area contributed by atoms with E-state index in [-0.39, 0.29) is 44.7 Å². The number of hydrogen-bond donors (Lipinski definition) is 1. The zero-order valence-electron chi connectivity index (χ0n) is 21.8. The van der Waals surface area contributed by atoms with Crippen LogP contribution < -0.4 is 9.47 Å². The molecule has 1 amide bonds. The molecule has 8 heteroatoms. The van der Waals surface area contributed by atoms with Gasteiger partial charge in [0.25, 0.3) is 11.7 Å². The molecule has 3 aromatic rings. The van der Waals surface area contributed by atoms with E-state index in [0.717, 1.165) is 11.1 Å². The molecule has 0 spiro atoms. The van der Waals surface area contributed by atoms with E-state index >= 15 is 0 Å². The van der Waals surface area contributed by atoms with Crippen LogP contribution in [0.5, 0.6) is 11.5 Å². The monoisotopic (exact) mass is 553 g/mol. The summed E-state index contributed by atoms with van der Waals surface area (Å²) in [4.78, 5) is 28.3. The second-order valence-electron chi connectivity index (χ2n) is 10.1. The van der Waals surface area contributed by atoms with Crippen molar-refractivity contribution in [2.45, 2.75) is 38.8 Å². The van der Waals surface area contributed by atoms with E-state index in [2.05, 4.69) is 20.8 Å². The number of methoxy groups -OCH3 is 2. The van der Waals surface area contributed by atoms with Crippen LogP contribution >= 0.6 is 23.2 Å². The number of ether oxygens (including phenoxy) is 2. The Morgan fingerprint density at radius 2 is 1.55 bits per heavy atom. The topological polar surface area (TPSA) is 76.1 Å². The first-order chi connectivity index (χ1) is 18.0. The van der Waals surface area contributed by atoms with Crippen LogP contribution in [0.2, 0.25) is 10.0 Å². The summed E-state index contributed by atoms with van der Waals surface area (Å²) in [5.41, 5.74) is 2.56. The van der Waals surface area contributed by atoms with Crippen LogP contribution in [0.4, 0.5) is 0 Å². The van der Waals surface area contributed by atoms with Gasteiger partial charge in [0.1, 0.15) is 11.5 Å². The predicted molar refractivity (Wildman–Crippen MR) is 149 cm³/mol. The molecule has 0 aromatic heterocycles. The number of halogens is 2. The molecule has 1 aliphatic heterocycles. The van der Waals surface area contributed by atoms with E-state index < -0.39 is 17.7 Å². The molecule has 0 aliphatic carbocycles. The van der Waals surface area contributed by atoms with E-state index in [1.807, 2.05) is 42.5 Å². The van der Waals surface area contributed by atoms with E-state index in [1.165, 1.54) is 24.1 Å². The number of nitrogens with zero attached hydrogens (tertiary/aromatic N) is 1. The number of likely N-dealkylation sites (tertiary alicyclic amines) is 1. The first-order valence-electron chi connectivity index (χ1n) is 12.0. The van der Waals surface area contributed by atoms with Crippen LogP contribution in [0, 0.1) is 0 Å². The zero-order chi connectivity index (χ0) is 27.8. The first kappa shape index (κ1) is 27.6. The quantitative estimate of drug-likeness (QED) is 0.203. The Labute approximate surface area is 232 Å². The molecule has 38 heavy (non-hydrogen) atoms. The van der Waals surface area contributed by atoms with Gasteiger partial charge in [-0.15, -0.1) is 0 Å². The van der Waals surface area contributed by atoms with Gasteiger partial charge in [0.05, 0.1) is 42.4 Å². The molecule has 1 fully saturated rings. The number of hydrogen-bond acceptors (Lipinski definition) is 5. The van der Waals surface area contributed by atoms with E-state index in [0.29, 0.717) is 11.3 Å². The van der Waals surface area contributed by atoms with E-state index in [1.54, 1.807) is 13.2 Å². The number of aliphatic hydroxyl groups excluding tert-OH is 1. The lowest BCUT2D eigenvalue weighted by Crippen LogP contribution is -2.29. The third-order valence-corrected chi connectivity index (χ3v) is 7.20. The highest BCUT2D eigenvalue weighted by Crippen LogP contribution is 2.43. The molecular weight excluding hydrogens is 525 g/mol. The predicted octanol–water partition coefficient (Wildman–Crippen LogP) is 6.93. The molecule has 3 aromatic carbocycles. The summed E-state index contributed by atoms with van der Waals surface area (Å²) in [6, 6.07) is 17.1. The number of carbonyl (C=O) groups is 2. The minimum Gasteiger partial charge on any atom is -0.507 e. The Morgan fingerprint density at radius 3 is 2.11 bits per heavy atom. The minimum absolute atomic E-state index is 0.0503. The van der Waals surface area contributed by atoms with Gasteiger partial charge in [-0.05, 0) is 34.7 Å². The maximum atomic E-state index is 13.4. The van der Waals surface area contributed by atoms with E-state index in [9.17, 15) is 14.7 Å². The van der Waals surface area contributed by atoms with Gasteiger partial charge in [-0.1, -0.05) is 86.4 Å². The average Bonchev–Trinajstić information content (AvgIpc) is 3.13. The van der Waals surface area contributed by atoms with Gasteiger partial charge >= 0.3 is 0 Å². The molecular formula is C30H29Cl2NO5. The lowest BCUT2D eigenvalue weighted by molar-refractivity contribution is -0.140. The fourth-order valence-electron chi connectivity index (χ4n) is 4.62. The van der Waals surface area contributed by atoms with Crippen molar-refractivity contribution in [2.24, 2.45) is 0 Å². The Balaban J connectivity index is 1.90. The molecule has 4 rings (SSSR count). The Bertz CT molecular complexity index is 1400. The lowest BCUT2D eigenvalue weighted by Gasteiger charge is -2.27. The highest BCUT2D eigenvalue weighted by molar-refractivity contribution is 6.46. The van der Waals surface area contributed by atoms with Crippen LogP contribution in [0.3, 0.4) is 0 Å². The van der Waals surface area contributed by atoms with Crippen LogP contribution in [-0.4, -0.2) is 35.9 Å². The van der Waals surface area contributed by atoms with Crippen molar-refractivity contribution in [3.05, 3.63) is 98.5 Å². The molecule has 1 atom stereocenters. The molecule has 0 radical (unpaired) electrons. The van der Waals surface area contributed by atoms with Gasteiger partial charge in [-0.2, -0.15) is 0 Å². The SMILES string of the molecule is COc1ccccc1CN1C(=O)C(=O)/C(=C(/O)c2cc(Cl)c(OC)c(Cl)c2)C1c1ccc(C(C)(C)C)cc1. The Hall–Kier alpha value is -3.48. The number of ketones is 1. The second-order valence-corrected chi connectivity index (χ2v) is 10.9. The lowest BCUT2D eigenvalue weighted by atomic mass is 9.85. The standard InChI is InChI=1S/C30H29Cl2NO5/c1-30(2,3)20-12-10-17(11-13-20)25-24(26(34)19-14-21(31)28(38-5)22(32)15-19)27(35)29(36)33(25)16-18-8-6-7-9-23(18)37-4/h6-15,25,34H,16H2,1-5H3/b26-24+. The van der Waals surface area contributed by atoms with Crippen LogP contribution in [-0.2, 0) is 21.5 Å². The summed E-state index contributed by atoms with van der Waals surface area (Å²) in [5, 5.41) is 11.7. The normalized spacial score (nSPS) is 17.1. The number of Topliss-reactive ketones (excluding diaryl/α,β-unsaturated/α-hetero) is 1. The fourth-order valence-corrected chi connectivity index (χ4v) is 5.26. The van der Waals surface area contributed by atoms with Crippen LogP contribution in [0.1, 0.15) is 49.1 Å². The van der Waals surface area contributed by atoms with Crippen molar-refractivity contribution >= 4 is 40.7 Å². The number of aliphatic hydroxyl groups is 1. The molecule has 1 N–H and O–H groups in total. The molecule has 1 heterocycles. The molecule has 1 unspecified atom stereocenters. The summed E-state index contributed by atoms with van der Waals surface area (Å²) in [6.45, 7) is 6.41. The minimum atomic E-state index is -0.853. The fraction of sp³-hybridized carbons (Fsp3) is 0.267. The first-order valence-corrected chi connectivity index (χ1v) is 12.8. The average molecular weight is 554 g/mol. The van der Waals surface area contributed by atoms with Crippen molar-refractivity contribution in [2.75, 3.05) is 14.2 Å². The Kier molecular flexibility index (Phi) is 7.77. The number of carbonyl (C=O) groups excluding carboxylic acids is 2. The smallest absolute Gasteiger partial charge is 0.295 e. The third-order valence-electron chi connectivity index (χ3n) is 6.64.